The lowest BCUT2D eigenvalue weighted by Crippen LogP contribution is -2.51. The highest BCUT2D eigenvalue weighted by atomic mass is 16.5. The van der Waals surface area contributed by atoms with Crippen molar-refractivity contribution in [1.29, 1.82) is 0 Å². The number of ether oxygens (including phenoxy) is 2. The van der Waals surface area contributed by atoms with Crippen LogP contribution in [-0.4, -0.2) is 43.8 Å². The van der Waals surface area contributed by atoms with Crippen LogP contribution >= 0.6 is 0 Å². The second-order valence-corrected chi connectivity index (χ2v) is 11.2. The Morgan fingerprint density at radius 3 is 2.28 bits per heavy atom. The molecule has 3 aliphatic heterocycles. The molecule has 1 N–H and O–H groups in total. The Balaban J connectivity index is 1.53. The van der Waals surface area contributed by atoms with Crippen LogP contribution in [0.25, 0.3) is 5.57 Å². The molecule has 43 heavy (non-hydrogen) atoms. The van der Waals surface area contributed by atoms with Crippen molar-refractivity contribution in [2.75, 3.05) is 24.4 Å². The highest BCUT2D eigenvalue weighted by molar-refractivity contribution is 6.18. The van der Waals surface area contributed by atoms with Crippen molar-refractivity contribution in [1.82, 2.24) is 0 Å². The lowest BCUT2D eigenvalue weighted by molar-refractivity contribution is -0.121. The van der Waals surface area contributed by atoms with Gasteiger partial charge in [0.2, 0.25) is 5.91 Å². The van der Waals surface area contributed by atoms with E-state index in [1.54, 1.807) is 62.8 Å². The Kier molecular flexibility index (Phi) is 6.20. The molecule has 4 aromatic rings. The van der Waals surface area contributed by atoms with Gasteiger partial charge in [0.1, 0.15) is 23.0 Å². The topological polar surface area (TPSA) is 84.9 Å². The molecule has 4 aromatic carbocycles. The number of nitrogens with zero attached hydrogens (tertiary/aromatic N) is 1. The van der Waals surface area contributed by atoms with Crippen molar-refractivity contribution in [3.63, 3.8) is 0 Å². The number of rotatable bonds is 6. The predicted molar refractivity (Wildman–Crippen MR) is 165 cm³/mol. The maximum absolute atomic E-state index is 15.0. The summed E-state index contributed by atoms with van der Waals surface area (Å²) in [6, 6.07) is 27.6. The summed E-state index contributed by atoms with van der Waals surface area (Å²) in [6.07, 6.45) is 2.05. The molecule has 7 nitrogen and oxygen atoms in total. The zero-order valence-electron chi connectivity index (χ0n) is 24.0. The fourth-order valence-corrected chi connectivity index (χ4v) is 7.27. The molecule has 7 heteroatoms. The van der Waals surface area contributed by atoms with Crippen LogP contribution in [0.5, 0.6) is 11.5 Å². The maximum atomic E-state index is 15.0. The van der Waals surface area contributed by atoms with E-state index in [1.165, 1.54) is 0 Å². The molecular formula is C36H30N2O5. The number of carbonyl (C=O) groups is 3. The van der Waals surface area contributed by atoms with E-state index >= 15 is 0 Å². The Hall–Kier alpha value is -5.17. The van der Waals surface area contributed by atoms with E-state index < -0.39 is 23.4 Å². The molecule has 0 aromatic heterocycles. The summed E-state index contributed by atoms with van der Waals surface area (Å²) in [5.41, 5.74) is 3.56. The number of hydrogen-bond donors (Lipinski definition) is 1. The molecule has 7 rings (SSSR count). The molecule has 1 fully saturated rings. The number of ketones is 2. The third-order valence-corrected chi connectivity index (χ3v) is 9.16. The minimum atomic E-state index is -1.38. The summed E-state index contributed by atoms with van der Waals surface area (Å²) in [6.45, 7) is 2.01. The quantitative estimate of drug-likeness (QED) is 0.289. The highest BCUT2D eigenvalue weighted by Gasteiger charge is 2.70. The number of allylic oxidation sites excluding steroid dienone is 1. The zero-order chi connectivity index (χ0) is 29.9. The molecule has 3 aliphatic rings. The molecule has 4 atom stereocenters. The van der Waals surface area contributed by atoms with Crippen molar-refractivity contribution in [2.24, 2.45) is 5.92 Å². The first-order valence-electron chi connectivity index (χ1n) is 14.2. The number of nitrogens with one attached hydrogen (secondary N) is 1. The number of anilines is 2. The Labute approximate surface area is 249 Å². The third-order valence-electron chi connectivity index (χ3n) is 9.16. The van der Waals surface area contributed by atoms with E-state index in [-0.39, 0.29) is 17.5 Å². The average molecular weight is 571 g/mol. The molecular weight excluding hydrogens is 540 g/mol. The summed E-state index contributed by atoms with van der Waals surface area (Å²) in [5, 5.41) is 3.08. The molecule has 1 saturated heterocycles. The first-order chi connectivity index (χ1) is 20.9. The lowest BCUT2D eigenvalue weighted by Gasteiger charge is -2.39. The van der Waals surface area contributed by atoms with E-state index in [9.17, 15) is 14.4 Å². The normalized spacial score (nSPS) is 23.1. The smallest absolute Gasteiger partial charge is 0.238 e. The Morgan fingerprint density at radius 1 is 0.791 bits per heavy atom. The second kappa shape index (κ2) is 9.98. The molecule has 0 bridgehead atoms. The molecule has 3 heterocycles. The second-order valence-electron chi connectivity index (χ2n) is 11.2. The number of benzene rings is 4. The molecule has 0 saturated carbocycles. The minimum Gasteiger partial charge on any atom is -0.497 e. The number of amides is 1. The first-order valence-corrected chi connectivity index (χ1v) is 14.2. The van der Waals surface area contributed by atoms with Gasteiger partial charge in [0.15, 0.2) is 11.6 Å². The average Bonchev–Trinajstić information content (AvgIpc) is 3.52. The Bertz CT molecular complexity index is 1830. The minimum absolute atomic E-state index is 0.245. The van der Waals surface area contributed by atoms with Crippen molar-refractivity contribution >= 4 is 34.4 Å². The van der Waals surface area contributed by atoms with Gasteiger partial charge in [0.25, 0.3) is 0 Å². The van der Waals surface area contributed by atoms with E-state index in [2.05, 4.69) is 11.4 Å². The van der Waals surface area contributed by atoms with Crippen LogP contribution in [0.3, 0.4) is 0 Å². The number of carbonyl (C=O) groups excluding carboxylic acids is 3. The standard InChI is InChI=1S/C36H30N2O5/c1-21-19-30-36(27-12-5-6-13-28(27)37-35(36)41)31(33(39)23-9-8-10-25(20-23)43-3)32(38(30)29-14-7-4-11-26(21)29)34(40)22-15-17-24(42-2)18-16-22/h4-20,30-32H,1-3H3,(H,37,41)/t30-,31+,32+,36-/m1/s1. The number of methoxy groups -OCH3 is 2. The van der Waals surface area contributed by atoms with Crippen LogP contribution in [-0.2, 0) is 10.2 Å². The summed E-state index contributed by atoms with van der Waals surface area (Å²) >= 11 is 0. The highest BCUT2D eigenvalue weighted by Crippen LogP contribution is 2.58. The first kappa shape index (κ1) is 26.7. The fraction of sp³-hybridized carbons (Fsp3) is 0.194. The van der Waals surface area contributed by atoms with Crippen LogP contribution in [0.2, 0.25) is 0 Å². The van der Waals surface area contributed by atoms with Crippen LogP contribution in [0.4, 0.5) is 11.4 Å². The van der Waals surface area contributed by atoms with Gasteiger partial charge in [-0.25, -0.2) is 0 Å². The van der Waals surface area contributed by atoms with Gasteiger partial charge in [0, 0.05) is 28.1 Å². The summed E-state index contributed by atoms with van der Waals surface area (Å²) in [4.78, 5) is 46.3. The van der Waals surface area contributed by atoms with Gasteiger partial charge in [-0.2, -0.15) is 0 Å². The van der Waals surface area contributed by atoms with Crippen LogP contribution in [0.1, 0.15) is 38.8 Å². The van der Waals surface area contributed by atoms with Crippen LogP contribution in [0.15, 0.2) is 103 Å². The van der Waals surface area contributed by atoms with Gasteiger partial charge in [-0.3, -0.25) is 14.4 Å². The predicted octanol–water partition coefficient (Wildman–Crippen LogP) is 5.95. The van der Waals surface area contributed by atoms with Crippen molar-refractivity contribution in [3.05, 3.63) is 125 Å². The number of hydrogen-bond acceptors (Lipinski definition) is 6. The van der Waals surface area contributed by atoms with Gasteiger partial charge in [-0.05, 0) is 66.6 Å². The molecule has 0 unspecified atom stereocenters. The fourth-order valence-electron chi connectivity index (χ4n) is 7.27. The molecule has 0 radical (unpaired) electrons. The van der Waals surface area contributed by atoms with Gasteiger partial charge in [-0.1, -0.05) is 54.6 Å². The van der Waals surface area contributed by atoms with E-state index in [0.717, 1.165) is 16.8 Å². The number of Topliss-reactive ketones (excluding diaryl/α,β-unsaturated/α-hetero) is 2. The molecule has 214 valence electrons. The third kappa shape index (κ3) is 3.77. The van der Waals surface area contributed by atoms with Crippen molar-refractivity contribution in [3.8, 4) is 11.5 Å². The van der Waals surface area contributed by atoms with Gasteiger partial charge in [-0.15, -0.1) is 0 Å². The summed E-state index contributed by atoms with van der Waals surface area (Å²) < 4.78 is 10.8. The van der Waals surface area contributed by atoms with Gasteiger partial charge < -0.3 is 19.7 Å². The van der Waals surface area contributed by atoms with Gasteiger partial charge in [0.05, 0.1) is 26.2 Å². The Morgan fingerprint density at radius 2 is 1.51 bits per heavy atom. The van der Waals surface area contributed by atoms with Crippen molar-refractivity contribution < 1.29 is 23.9 Å². The zero-order valence-corrected chi connectivity index (χ0v) is 24.0. The van der Waals surface area contributed by atoms with Gasteiger partial charge >= 0.3 is 0 Å². The maximum Gasteiger partial charge on any atom is 0.238 e. The lowest BCUT2D eigenvalue weighted by atomic mass is 9.64. The summed E-state index contributed by atoms with van der Waals surface area (Å²) in [7, 11) is 3.11. The van der Waals surface area contributed by atoms with E-state index in [4.69, 9.17) is 9.47 Å². The summed E-state index contributed by atoms with van der Waals surface area (Å²) in [5.74, 6) is -0.754. The SMILES string of the molecule is COc1ccc(C(=O)[C@@H]2[C@@H](C(=O)c3cccc(OC)c3)[C@]3(C(=O)Nc4ccccc43)[C@H]3C=C(C)c4ccccc4N23)cc1. The largest absolute Gasteiger partial charge is 0.497 e. The van der Waals surface area contributed by atoms with E-state index in [0.29, 0.717) is 33.9 Å². The number of para-hydroxylation sites is 2. The van der Waals surface area contributed by atoms with Crippen LogP contribution in [0, 0.1) is 5.92 Å². The monoisotopic (exact) mass is 570 g/mol. The molecule has 1 amide bonds. The van der Waals surface area contributed by atoms with Crippen molar-refractivity contribution in [2.45, 2.75) is 24.4 Å². The molecule has 1 spiro atoms. The number of fused-ring (bicyclic) bond motifs is 6. The van der Waals surface area contributed by atoms with Crippen LogP contribution < -0.4 is 19.7 Å². The molecule has 0 aliphatic carbocycles. The van der Waals surface area contributed by atoms with E-state index in [1.807, 2.05) is 60.4 Å².